The van der Waals surface area contributed by atoms with Crippen molar-refractivity contribution in [1.29, 1.82) is 0 Å². The van der Waals surface area contributed by atoms with Crippen molar-refractivity contribution in [2.45, 2.75) is 27.3 Å². The number of benzene rings is 1. The fourth-order valence-corrected chi connectivity index (χ4v) is 2.42. The Balaban J connectivity index is 2.24. The molecule has 21 heavy (non-hydrogen) atoms. The molecule has 0 radical (unpaired) electrons. The summed E-state index contributed by atoms with van der Waals surface area (Å²) in [7, 11) is 0. The summed E-state index contributed by atoms with van der Waals surface area (Å²) in [5.74, 6) is 0.959. The van der Waals surface area contributed by atoms with Crippen LogP contribution in [0.3, 0.4) is 0 Å². The molecule has 5 heteroatoms. The predicted octanol–water partition coefficient (Wildman–Crippen LogP) is 3.04. The van der Waals surface area contributed by atoms with E-state index in [0.717, 1.165) is 28.8 Å². The van der Waals surface area contributed by atoms with Crippen molar-refractivity contribution in [1.82, 2.24) is 19.7 Å². The van der Waals surface area contributed by atoms with Crippen molar-refractivity contribution < 1.29 is 0 Å². The largest absolute Gasteiger partial charge is 0.383 e. The van der Waals surface area contributed by atoms with E-state index in [4.69, 9.17) is 10.8 Å². The van der Waals surface area contributed by atoms with Crippen LogP contribution in [0, 0.1) is 12.8 Å². The molecule has 0 atom stereocenters. The Bertz CT molecular complexity index is 771. The van der Waals surface area contributed by atoms with Crippen molar-refractivity contribution in [2.75, 3.05) is 5.73 Å². The molecular weight excluding hydrogens is 262 g/mol. The molecule has 0 fully saturated rings. The van der Waals surface area contributed by atoms with Crippen molar-refractivity contribution in [3.8, 4) is 11.3 Å². The molecule has 2 heterocycles. The molecule has 2 N–H and O–H groups in total. The molecule has 0 aliphatic heterocycles. The van der Waals surface area contributed by atoms with Crippen LogP contribution >= 0.6 is 0 Å². The molecule has 0 saturated carbocycles. The van der Waals surface area contributed by atoms with E-state index in [2.05, 4.69) is 55.0 Å². The number of aryl methyl sites for hydroxylation is 1. The summed E-state index contributed by atoms with van der Waals surface area (Å²) in [6.07, 6.45) is 1.50. The number of anilines is 1. The lowest BCUT2D eigenvalue weighted by Crippen LogP contribution is -2.07. The zero-order chi connectivity index (χ0) is 15.0. The Labute approximate surface area is 123 Å². The van der Waals surface area contributed by atoms with E-state index < -0.39 is 0 Å². The number of aromatic nitrogens is 4. The number of nitrogen functional groups attached to an aromatic ring is 1. The van der Waals surface area contributed by atoms with Crippen molar-refractivity contribution in [3.05, 3.63) is 36.2 Å². The second-order valence-corrected chi connectivity index (χ2v) is 5.75. The second kappa shape index (κ2) is 5.16. The van der Waals surface area contributed by atoms with Gasteiger partial charge in [-0.05, 0) is 12.8 Å². The number of nitrogens with zero attached hydrogens (tertiary/aromatic N) is 4. The van der Waals surface area contributed by atoms with Gasteiger partial charge in [0.05, 0.1) is 5.39 Å². The molecule has 1 aromatic carbocycles. The molecule has 0 bridgehead atoms. The highest BCUT2D eigenvalue weighted by Gasteiger charge is 2.17. The van der Waals surface area contributed by atoms with Gasteiger partial charge in [-0.1, -0.05) is 43.7 Å². The highest BCUT2D eigenvalue weighted by atomic mass is 15.3. The van der Waals surface area contributed by atoms with Crippen molar-refractivity contribution in [3.63, 3.8) is 0 Å². The van der Waals surface area contributed by atoms with Gasteiger partial charge >= 0.3 is 0 Å². The first kappa shape index (κ1) is 13.5. The molecule has 0 spiro atoms. The Hall–Kier alpha value is -2.43. The van der Waals surface area contributed by atoms with Crippen LogP contribution in [-0.2, 0) is 6.54 Å². The summed E-state index contributed by atoms with van der Waals surface area (Å²) in [6.45, 7) is 7.18. The van der Waals surface area contributed by atoms with Gasteiger partial charge in [-0.3, -0.25) is 0 Å². The zero-order valence-electron chi connectivity index (χ0n) is 12.5. The van der Waals surface area contributed by atoms with Gasteiger partial charge < -0.3 is 5.73 Å². The van der Waals surface area contributed by atoms with Gasteiger partial charge in [0.2, 0.25) is 0 Å². The van der Waals surface area contributed by atoms with E-state index in [1.165, 1.54) is 11.9 Å². The summed E-state index contributed by atoms with van der Waals surface area (Å²) in [5.41, 5.74) is 9.97. The summed E-state index contributed by atoms with van der Waals surface area (Å²) >= 11 is 0. The number of nitrogens with two attached hydrogens (primary N) is 1. The predicted molar refractivity (Wildman–Crippen MR) is 84.7 cm³/mol. The normalized spacial score (nSPS) is 11.4. The van der Waals surface area contributed by atoms with Crippen LogP contribution in [0.2, 0.25) is 0 Å². The summed E-state index contributed by atoms with van der Waals surface area (Å²) < 4.78 is 1.92. The Morgan fingerprint density at radius 2 is 1.86 bits per heavy atom. The van der Waals surface area contributed by atoms with E-state index in [1.54, 1.807) is 0 Å². The van der Waals surface area contributed by atoms with E-state index in [1.807, 2.05) is 4.68 Å². The van der Waals surface area contributed by atoms with Gasteiger partial charge in [0.25, 0.3) is 0 Å². The van der Waals surface area contributed by atoms with Gasteiger partial charge in [-0.15, -0.1) is 0 Å². The van der Waals surface area contributed by atoms with Gasteiger partial charge in [0.1, 0.15) is 17.8 Å². The monoisotopic (exact) mass is 281 g/mol. The molecule has 3 rings (SSSR count). The minimum absolute atomic E-state index is 0.477. The quantitative estimate of drug-likeness (QED) is 0.801. The fraction of sp³-hybridized carbons (Fsp3) is 0.312. The maximum atomic E-state index is 6.06. The minimum atomic E-state index is 0.477. The molecule has 5 nitrogen and oxygen atoms in total. The van der Waals surface area contributed by atoms with E-state index >= 15 is 0 Å². The van der Waals surface area contributed by atoms with Crippen LogP contribution in [-0.4, -0.2) is 19.7 Å². The molecular formula is C16H19N5. The average molecular weight is 281 g/mol. The third kappa shape index (κ3) is 2.46. The number of hydrogen-bond donors (Lipinski definition) is 1. The lowest BCUT2D eigenvalue weighted by atomic mass is 10.1. The van der Waals surface area contributed by atoms with Crippen LogP contribution in [0.25, 0.3) is 22.3 Å². The Morgan fingerprint density at radius 3 is 2.52 bits per heavy atom. The molecule has 2 aromatic heterocycles. The Kier molecular flexibility index (Phi) is 3.33. The molecule has 0 aliphatic rings. The molecule has 0 aliphatic carbocycles. The fourth-order valence-electron chi connectivity index (χ4n) is 2.42. The van der Waals surface area contributed by atoms with E-state index in [0.29, 0.717) is 11.7 Å². The van der Waals surface area contributed by atoms with Crippen LogP contribution in [0.4, 0.5) is 5.82 Å². The van der Waals surface area contributed by atoms with Crippen LogP contribution in [0.5, 0.6) is 0 Å². The number of fused-ring (bicyclic) bond motifs is 1. The maximum Gasteiger partial charge on any atom is 0.163 e. The smallest absolute Gasteiger partial charge is 0.163 e. The van der Waals surface area contributed by atoms with Crippen molar-refractivity contribution >= 4 is 16.9 Å². The van der Waals surface area contributed by atoms with Gasteiger partial charge in [-0.25, -0.2) is 14.6 Å². The van der Waals surface area contributed by atoms with E-state index in [9.17, 15) is 0 Å². The zero-order valence-corrected chi connectivity index (χ0v) is 12.5. The summed E-state index contributed by atoms with van der Waals surface area (Å²) in [4.78, 5) is 8.48. The first-order valence-corrected chi connectivity index (χ1v) is 7.10. The third-order valence-corrected chi connectivity index (χ3v) is 3.42. The third-order valence-electron chi connectivity index (χ3n) is 3.42. The molecule has 0 unspecified atom stereocenters. The maximum absolute atomic E-state index is 6.06. The van der Waals surface area contributed by atoms with Crippen LogP contribution < -0.4 is 5.73 Å². The molecule has 0 amide bonds. The van der Waals surface area contributed by atoms with Crippen molar-refractivity contribution in [2.24, 2.45) is 5.92 Å². The van der Waals surface area contributed by atoms with E-state index in [-0.39, 0.29) is 0 Å². The highest BCUT2D eigenvalue weighted by molar-refractivity contribution is 5.98. The molecule has 108 valence electrons. The first-order valence-electron chi connectivity index (χ1n) is 7.10. The number of hydrogen-bond acceptors (Lipinski definition) is 4. The summed E-state index contributed by atoms with van der Waals surface area (Å²) in [5, 5.41) is 5.56. The lowest BCUT2D eigenvalue weighted by molar-refractivity contribution is 0.493. The highest BCUT2D eigenvalue weighted by Crippen LogP contribution is 2.30. The molecule has 3 aromatic rings. The standard InChI is InChI=1S/C16H19N5/c1-10(2)8-21-16-13(15(17)18-9-19-16)14(20-21)12-6-4-11(3)5-7-12/h4-7,9-10H,8H2,1-3H3,(H2,17,18,19). The van der Waals surface area contributed by atoms with Gasteiger partial charge in [-0.2, -0.15) is 5.10 Å². The summed E-state index contributed by atoms with van der Waals surface area (Å²) in [6, 6.07) is 8.26. The van der Waals surface area contributed by atoms with Crippen LogP contribution in [0.1, 0.15) is 19.4 Å². The first-order chi connectivity index (χ1) is 10.1. The molecule has 0 saturated heterocycles. The second-order valence-electron chi connectivity index (χ2n) is 5.75. The minimum Gasteiger partial charge on any atom is -0.383 e. The van der Waals surface area contributed by atoms with Gasteiger partial charge in [0, 0.05) is 12.1 Å². The Morgan fingerprint density at radius 1 is 1.14 bits per heavy atom. The topological polar surface area (TPSA) is 69.6 Å². The lowest BCUT2D eigenvalue weighted by Gasteiger charge is -2.05. The average Bonchev–Trinajstić information content (AvgIpc) is 2.79. The van der Waals surface area contributed by atoms with Crippen LogP contribution in [0.15, 0.2) is 30.6 Å². The SMILES string of the molecule is Cc1ccc(-c2nn(CC(C)C)c3ncnc(N)c23)cc1. The van der Waals surface area contributed by atoms with Gasteiger partial charge in [0.15, 0.2) is 5.65 Å². The number of rotatable bonds is 3.